The number of phenolic OH excluding ortho intramolecular Hbond substituents is 1. The predicted molar refractivity (Wildman–Crippen MR) is 142 cm³/mol. The molecule has 1 saturated heterocycles. The molecule has 2 N–H and O–H groups in total. The summed E-state index contributed by atoms with van der Waals surface area (Å²) in [7, 11) is 3.88. The molecule has 1 aliphatic heterocycles. The van der Waals surface area contributed by atoms with Crippen molar-refractivity contribution >= 4 is 17.4 Å². The molecular formula is C30H32N2O5. The van der Waals surface area contributed by atoms with Crippen molar-refractivity contribution in [3.63, 3.8) is 0 Å². The summed E-state index contributed by atoms with van der Waals surface area (Å²) in [5, 5.41) is 21.3. The van der Waals surface area contributed by atoms with Crippen LogP contribution in [0.3, 0.4) is 0 Å². The van der Waals surface area contributed by atoms with Crippen molar-refractivity contribution in [2.45, 2.75) is 26.0 Å². The lowest BCUT2D eigenvalue weighted by Crippen LogP contribution is -2.32. The van der Waals surface area contributed by atoms with Crippen LogP contribution in [0.2, 0.25) is 0 Å². The standard InChI is InChI=1S/C30H32N2O5/c1-20-7-4-8-21(17-20)19-37-25-13-11-22(12-14-25)28(34)26-27(23-9-5-10-24(33)18-23)32(30(36)29(26)35)16-6-15-31(2)3/h4-5,7-14,17-18,27,33-34H,6,15-16,19H2,1-3H3/b28-26+. The smallest absolute Gasteiger partial charge is 0.295 e. The highest BCUT2D eigenvalue weighted by atomic mass is 16.5. The van der Waals surface area contributed by atoms with Gasteiger partial charge in [0, 0.05) is 12.1 Å². The van der Waals surface area contributed by atoms with Gasteiger partial charge in [0.05, 0.1) is 11.6 Å². The lowest BCUT2D eigenvalue weighted by Gasteiger charge is -2.26. The van der Waals surface area contributed by atoms with Gasteiger partial charge in [-0.15, -0.1) is 0 Å². The molecule has 1 amide bonds. The van der Waals surface area contributed by atoms with E-state index in [9.17, 15) is 19.8 Å². The molecule has 0 bridgehead atoms. The highest BCUT2D eigenvalue weighted by Crippen LogP contribution is 2.40. The fourth-order valence-electron chi connectivity index (χ4n) is 4.54. The van der Waals surface area contributed by atoms with Crippen LogP contribution in [-0.2, 0) is 16.2 Å². The zero-order chi connectivity index (χ0) is 26.5. The van der Waals surface area contributed by atoms with Gasteiger partial charge in [-0.2, -0.15) is 0 Å². The Balaban J connectivity index is 1.63. The minimum atomic E-state index is -0.800. The molecule has 3 aromatic carbocycles. The summed E-state index contributed by atoms with van der Waals surface area (Å²) in [6, 6.07) is 20.5. The largest absolute Gasteiger partial charge is 0.508 e. The molecule has 3 aromatic rings. The van der Waals surface area contributed by atoms with E-state index in [1.165, 1.54) is 17.0 Å². The Morgan fingerprint density at radius 1 is 1.00 bits per heavy atom. The molecule has 4 rings (SSSR count). The summed E-state index contributed by atoms with van der Waals surface area (Å²) in [4.78, 5) is 29.7. The van der Waals surface area contributed by atoms with Crippen LogP contribution in [0.25, 0.3) is 5.76 Å². The molecule has 1 heterocycles. The Morgan fingerprint density at radius 3 is 2.41 bits per heavy atom. The number of carbonyl (C=O) groups is 2. The third kappa shape index (κ3) is 6.01. The minimum Gasteiger partial charge on any atom is -0.508 e. The highest BCUT2D eigenvalue weighted by Gasteiger charge is 2.45. The molecular weight excluding hydrogens is 468 g/mol. The van der Waals surface area contributed by atoms with E-state index in [0.717, 1.165) is 17.7 Å². The number of ketones is 1. The zero-order valence-corrected chi connectivity index (χ0v) is 21.3. The van der Waals surface area contributed by atoms with Crippen LogP contribution in [-0.4, -0.2) is 58.9 Å². The molecule has 1 aliphatic rings. The first-order chi connectivity index (χ1) is 17.7. The number of ether oxygens (including phenoxy) is 1. The number of aliphatic hydroxyl groups is 1. The molecule has 0 saturated carbocycles. The minimum absolute atomic E-state index is 0.00822. The second-order valence-electron chi connectivity index (χ2n) is 9.55. The summed E-state index contributed by atoms with van der Waals surface area (Å²) in [5.74, 6) is -1.02. The van der Waals surface area contributed by atoms with E-state index < -0.39 is 17.7 Å². The summed E-state index contributed by atoms with van der Waals surface area (Å²) in [5.41, 5.74) is 3.17. The number of benzene rings is 3. The van der Waals surface area contributed by atoms with Gasteiger partial charge >= 0.3 is 0 Å². The molecule has 0 aromatic heterocycles. The van der Waals surface area contributed by atoms with E-state index in [0.29, 0.717) is 36.4 Å². The quantitative estimate of drug-likeness (QED) is 0.253. The Bertz CT molecular complexity index is 1310. The topological polar surface area (TPSA) is 90.3 Å². The number of Topliss-reactive ketones (excluding diaryl/α,β-unsaturated/α-hetero) is 1. The van der Waals surface area contributed by atoms with Crippen molar-refractivity contribution < 1.29 is 24.5 Å². The highest BCUT2D eigenvalue weighted by molar-refractivity contribution is 6.46. The fourth-order valence-corrected chi connectivity index (χ4v) is 4.54. The first-order valence-corrected chi connectivity index (χ1v) is 12.3. The van der Waals surface area contributed by atoms with Crippen molar-refractivity contribution in [3.8, 4) is 11.5 Å². The Hall–Kier alpha value is -4.10. The maximum Gasteiger partial charge on any atom is 0.295 e. The van der Waals surface area contributed by atoms with E-state index in [-0.39, 0.29) is 17.1 Å². The molecule has 1 unspecified atom stereocenters. The number of nitrogens with zero attached hydrogens (tertiary/aromatic N) is 2. The number of hydrogen-bond donors (Lipinski definition) is 2. The van der Waals surface area contributed by atoms with Crippen LogP contribution in [0.5, 0.6) is 11.5 Å². The summed E-state index contributed by atoms with van der Waals surface area (Å²) in [6.07, 6.45) is 0.655. The summed E-state index contributed by atoms with van der Waals surface area (Å²) >= 11 is 0. The van der Waals surface area contributed by atoms with Crippen molar-refractivity contribution in [2.24, 2.45) is 0 Å². The van der Waals surface area contributed by atoms with Crippen molar-refractivity contribution in [1.29, 1.82) is 0 Å². The van der Waals surface area contributed by atoms with Gasteiger partial charge in [0.15, 0.2) is 0 Å². The Morgan fingerprint density at radius 2 is 1.73 bits per heavy atom. The molecule has 37 heavy (non-hydrogen) atoms. The van der Waals surface area contributed by atoms with Crippen LogP contribution in [0.4, 0.5) is 0 Å². The van der Waals surface area contributed by atoms with Crippen molar-refractivity contribution in [3.05, 3.63) is 101 Å². The predicted octanol–water partition coefficient (Wildman–Crippen LogP) is 4.65. The second-order valence-corrected chi connectivity index (χ2v) is 9.55. The van der Waals surface area contributed by atoms with Crippen molar-refractivity contribution in [1.82, 2.24) is 9.80 Å². The number of hydrogen-bond acceptors (Lipinski definition) is 6. The van der Waals surface area contributed by atoms with Crippen LogP contribution in [0.15, 0.2) is 78.4 Å². The van der Waals surface area contributed by atoms with Gasteiger partial charge in [-0.25, -0.2) is 0 Å². The van der Waals surface area contributed by atoms with E-state index >= 15 is 0 Å². The molecule has 0 spiro atoms. The molecule has 1 fully saturated rings. The van der Waals surface area contributed by atoms with Crippen molar-refractivity contribution in [2.75, 3.05) is 27.2 Å². The number of likely N-dealkylation sites (tertiary alicyclic amines) is 1. The van der Waals surface area contributed by atoms with Gasteiger partial charge in [-0.3, -0.25) is 9.59 Å². The van der Waals surface area contributed by atoms with Crippen LogP contribution in [0, 0.1) is 6.92 Å². The molecule has 1 atom stereocenters. The maximum atomic E-state index is 13.1. The van der Waals surface area contributed by atoms with E-state index in [1.807, 2.05) is 44.1 Å². The second kappa shape index (κ2) is 11.3. The summed E-state index contributed by atoms with van der Waals surface area (Å²) < 4.78 is 5.87. The molecule has 192 valence electrons. The van der Waals surface area contributed by atoms with E-state index in [1.54, 1.807) is 36.4 Å². The molecule has 7 heteroatoms. The number of aromatic hydroxyl groups is 1. The van der Waals surface area contributed by atoms with Gasteiger partial charge in [-0.1, -0.05) is 42.0 Å². The molecule has 0 aliphatic carbocycles. The SMILES string of the molecule is Cc1cccc(COc2ccc(/C(O)=C3\C(=O)C(=O)N(CCCN(C)C)C3c3cccc(O)c3)cc2)c1. The first-order valence-electron chi connectivity index (χ1n) is 12.3. The number of aliphatic hydroxyl groups excluding tert-OH is 1. The monoisotopic (exact) mass is 500 g/mol. The Kier molecular flexibility index (Phi) is 7.94. The van der Waals surface area contributed by atoms with Gasteiger partial charge < -0.3 is 24.7 Å². The number of rotatable bonds is 9. The number of phenols is 1. The van der Waals surface area contributed by atoms with E-state index in [4.69, 9.17) is 4.74 Å². The van der Waals surface area contributed by atoms with Crippen LogP contribution in [0.1, 0.15) is 34.7 Å². The van der Waals surface area contributed by atoms with Crippen LogP contribution < -0.4 is 4.74 Å². The zero-order valence-electron chi connectivity index (χ0n) is 21.3. The molecule has 0 radical (unpaired) electrons. The number of carbonyl (C=O) groups excluding carboxylic acids is 2. The Labute approximate surface area is 217 Å². The third-order valence-electron chi connectivity index (χ3n) is 6.35. The van der Waals surface area contributed by atoms with Gasteiger partial charge in [-0.05, 0) is 81.5 Å². The average molecular weight is 501 g/mol. The maximum absolute atomic E-state index is 13.1. The molecule has 7 nitrogen and oxygen atoms in total. The normalized spacial score (nSPS) is 17.0. The van der Waals surface area contributed by atoms with Gasteiger partial charge in [0.25, 0.3) is 11.7 Å². The lowest BCUT2D eigenvalue weighted by atomic mass is 9.95. The average Bonchev–Trinajstić information content (AvgIpc) is 3.12. The lowest BCUT2D eigenvalue weighted by molar-refractivity contribution is -0.139. The number of aryl methyl sites for hydroxylation is 1. The van der Waals surface area contributed by atoms with E-state index in [2.05, 4.69) is 6.07 Å². The first kappa shape index (κ1) is 26.0. The summed E-state index contributed by atoms with van der Waals surface area (Å²) in [6.45, 7) is 3.50. The number of amides is 1. The van der Waals surface area contributed by atoms with Gasteiger partial charge in [0.2, 0.25) is 0 Å². The van der Waals surface area contributed by atoms with Crippen LogP contribution >= 0.6 is 0 Å². The van der Waals surface area contributed by atoms with Gasteiger partial charge in [0.1, 0.15) is 23.9 Å². The third-order valence-corrected chi connectivity index (χ3v) is 6.35. The fraction of sp³-hybridized carbons (Fsp3) is 0.267.